The number of rotatable bonds is 7. The predicted molar refractivity (Wildman–Crippen MR) is 106 cm³/mol. The van der Waals surface area contributed by atoms with Crippen LogP contribution in [0.4, 0.5) is 5.69 Å². The number of methoxy groups -OCH3 is 2. The second-order valence-electron chi connectivity index (χ2n) is 6.52. The van der Waals surface area contributed by atoms with E-state index in [9.17, 15) is 9.90 Å². The van der Waals surface area contributed by atoms with Crippen molar-refractivity contribution in [1.29, 1.82) is 0 Å². The van der Waals surface area contributed by atoms with Crippen molar-refractivity contribution < 1.29 is 19.4 Å². The third kappa shape index (κ3) is 5.91. The van der Waals surface area contributed by atoms with Crippen LogP contribution in [-0.2, 0) is 4.79 Å². The molecule has 2 atom stereocenters. The zero-order chi connectivity index (χ0) is 18.4. The SMILES string of the molecule is COc1cc(OC)c(NC(=O)C(O)[C@H](N)CC2CCCCC2)cc1Cl.Cl. The van der Waals surface area contributed by atoms with Crippen molar-refractivity contribution in [2.75, 3.05) is 19.5 Å². The maximum Gasteiger partial charge on any atom is 0.254 e. The molecule has 0 radical (unpaired) electrons. The fourth-order valence-corrected chi connectivity index (χ4v) is 3.54. The number of halogens is 2. The van der Waals surface area contributed by atoms with E-state index < -0.39 is 18.1 Å². The van der Waals surface area contributed by atoms with Gasteiger partial charge in [0, 0.05) is 12.1 Å². The Hall–Kier alpha value is -1.21. The first-order chi connectivity index (χ1) is 12.0. The topological polar surface area (TPSA) is 93.8 Å². The molecule has 6 nitrogen and oxygen atoms in total. The van der Waals surface area contributed by atoms with Gasteiger partial charge in [-0.25, -0.2) is 0 Å². The summed E-state index contributed by atoms with van der Waals surface area (Å²) in [5.41, 5.74) is 6.42. The number of nitrogens with two attached hydrogens (primary N) is 1. The number of anilines is 1. The molecule has 0 aromatic heterocycles. The van der Waals surface area contributed by atoms with Crippen LogP contribution in [0.1, 0.15) is 38.5 Å². The number of aliphatic hydroxyl groups is 1. The Bertz CT molecular complexity index is 595. The second kappa shape index (κ2) is 10.8. The van der Waals surface area contributed by atoms with Gasteiger partial charge in [0.1, 0.15) is 17.6 Å². The number of hydrogen-bond acceptors (Lipinski definition) is 5. The first-order valence-corrected chi connectivity index (χ1v) is 9.00. The molecule has 2 rings (SSSR count). The molecule has 1 aromatic carbocycles. The molecular weight excluding hydrogens is 379 g/mol. The van der Waals surface area contributed by atoms with Gasteiger partial charge in [0.2, 0.25) is 0 Å². The number of hydrogen-bond donors (Lipinski definition) is 3. The summed E-state index contributed by atoms with van der Waals surface area (Å²) < 4.78 is 10.4. The average Bonchev–Trinajstić information content (AvgIpc) is 2.62. The summed E-state index contributed by atoms with van der Waals surface area (Å²) in [7, 11) is 2.97. The van der Waals surface area contributed by atoms with Gasteiger partial charge in [-0.1, -0.05) is 43.7 Å². The van der Waals surface area contributed by atoms with Gasteiger partial charge < -0.3 is 25.6 Å². The van der Waals surface area contributed by atoms with Crippen molar-refractivity contribution in [2.45, 2.75) is 50.7 Å². The summed E-state index contributed by atoms with van der Waals surface area (Å²) in [5, 5.41) is 13.2. The van der Waals surface area contributed by atoms with Crippen LogP contribution in [0.15, 0.2) is 12.1 Å². The fraction of sp³-hybridized carbons (Fsp3) is 0.611. The average molecular weight is 407 g/mol. The number of carbonyl (C=O) groups is 1. The number of ether oxygens (including phenoxy) is 2. The number of benzene rings is 1. The molecule has 4 N–H and O–H groups in total. The lowest BCUT2D eigenvalue weighted by Crippen LogP contribution is -2.44. The van der Waals surface area contributed by atoms with E-state index in [2.05, 4.69) is 5.32 Å². The molecule has 8 heteroatoms. The number of aliphatic hydroxyl groups excluding tert-OH is 1. The predicted octanol–water partition coefficient (Wildman–Crippen LogP) is 3.38. The minimum absolute atomic E-state index is 0. The van der Waals surface area contributed by atoms with E-state index in [-0.39, 0.29) is 12.4 Å². The van der Waals surface area contributed by atoms with Crippen molar-refractivity contribution in [1.82, 2.24) is 0 Å². The lowest BCUT2D eigenvalue weighted by molar-refractivity contribution is -0.125. The normalized spacial score (nSPS) is 17.0. The molecule has 1 saturated carbocycles. The zero-order valence-corrected chi connectivity index (χ0v) is 16.7. The largest absolute Gasteiger partial charge is 0.495 e. The van der Waals surface area contributed by atoms with Gasteiger partial charge in [0.25, 0.3) is 5.91 Å². The molecule has 1 fully saturated rings. The van der Waals surface area contributed by atoms with E-state index in [1.807, 2.05) is 0 Å². The smallest absolute Gasteiger partial charge is 0.254 e. The Labute approximate surface area is 165 Å². The molecule has 1 aliphatic carbocycles. The molecule has 0 aliphatic heterocycles. The quantitative estimate of drug-likeness (QED) is 0.644. The van der Waals surface area contributed by atoms with Crippen molar-refractivity contribution in [3.8, 4) is 11.5 Å². The van der Waals surface area contributed by atoms with E-state index >= 15 is 0 Å². The van der Waals surface area contributed by atoms with Crippen LogP contribution < -0.4 is 20.5 Å². The fourth-order valence-electron chi connectivity index (χ4n) is 3.30. The summed E-state index contributed by atoms with van der Waals surface area (Å²) in [6.45, 7) is 0. The zero-order valence-electron chi connectivity index (χ0n) is 15.2. The van der Waals surface area contributed by atoms with Gasteiger partial charge in [0.05, 0.1) is 24.9 Å². The van der Waals surface area contributed by atoms with Crippen LogP contribution >= 0.6 is 24.0 Å². The van der Waals surface area contributed by atoms with Gasteiger partial charge in [-0.2, -0.15) is 0 Å². The maximum atomic E-state index is 12.4. The summed E-state index contributed by atoms with van der Waals surface area (Å²) in [6, 6.07) is 2.51. The van der Waals surface area contributed by atoms with Gasteiger partial charge in [-0.3, -0.25) is 4.79 Å². The molecular formula is C18H28Cl2N2O4. The van der Waals surface area contributed by atoms with Crippen LogP contribution in [0, 0.1) is 5.92 Å². The van der Waals surface area contributed by atoms with Gasteiger partial charge in [-0.15, -0.1) is 12.4 Å². The Morgan fingerprint density at radius 1 is 1.27 bits per heavy atom. The minimum Gasteiger partial charge on any atom is -0.495 e. The van der Waals surface area contributed by atoms with Gasteiger partial charge in [-0.05, 0) is 18.4 Å². The molecule has 26 heavy (non-hydrogen) atoms. The molecule has 148 valence electrons. The highest BCUT2D eigenvalue weighted by atomic mass is 35.5. The molecule has 0 saturated heterocycles. The standard InChI is InChI=1S/C18H27ClN2O4.ClH/c1-24-15-10-16(25-2)14(9-12(15)19)21-18(23)17(22)13(20)8-11-6-4-3-5-7-11;/h9-11,13,17,22H,3-8,20H2,1-2H3,(H,21,23);1H/t13-,17?;/m1./s1. The van der Waals surface area contributed by atoms with Gasteiger partial charge >= 0.3 is 0 Å². The highest BCUT2D eigenvalue weighted by Gasteiger charge is 2.27. The summed E-state index contributed by atoms with van der Waals surface area (Å²) in [6.07, 6.45) is 5.24. The van der Waals surface area contributed by atoms with E-state index in [1.54, 1.807) is 6.07 Å². The third-order valence-corrected chi connectivity index (χ3v) is 5.03. The Morgan fingerprint density at radius 3 is 2.46 bits per heavy atom. The first kappa shape index (κ1) is 22.8. The lowest BCUT2D eigenvalue weighted by atomic mass is 9.84. The molecule has 0 spiro atoms. The van der Waals surface area contributed by atoms with Crippen LogP contribution in [0.25, 0.3) is 0 Å². The highest BCUT2D eigenvalue weighted by Crippen LogP contribution is 2.36. The molecule has 1 unspecified atom stereocenters. The van der Waals surface area contributed by atoms with E-state index in [4.69, 9.17) is 26.8 Å². The van der Waals surface area contributed by atoms with Crippen LogP contribution in [0.3, 0.4) is 0 Å². The first-order valence-electron chi connectivity index (χ1n) is 8.62. The highest BCUT2D eigenvalue weighted by molar-refractivity contribution is 6.32. The number of nitrogens with one attached hydrogen (secondary N) is 1. The molecule has 1 aliphatic rings. The summed E-state index contributed by atoms with van der Waals surface area (Å²) >= 11 is 6.09. The molecule has 0 bridgehead atoms. The van der Waals surface area contributed by atoms with Crippen molar-refractivity contribution in [2.24, 2.45) is 11.7 Å². The van der Waals surface area contributed by atoms with Crippen LogP contribution in [-0.4, -0.2) is 37.4 Å². The molecule has 1 amide bonds. The van der Waals surface area contributed by atoms with Crippen LogP contribution in [0.5, 0.6) is 11.5 Å². The molecule has 1 aromatic rings. The van der Waals surface area contributed by atoms with E-state index in [1.165, 1.54) is 39.5 Å². The minimum atomic E-state index is -1.28. The van der Waals surface area contributed by atoms with Crippen molar-refractivity contribution >= 4 is 35.6 Å². The van der Waals surface area contributed by atoms with Crippen molar-refractivity contribution in [3.63, 3.8) is 0 Å². The van der Waals surface area contributed by atoms with E-state index in [0.717, 1.165) is 12.8 Å². The Kier molecular flexibility index (Phi) is 9.50. The third-order valence-electron chi connectivity index (χ3n) is 4.74. The van der Waals surface area contributed by atoms with Gasteiger partial charge in [0.15, 0.2) is 0 Å². The lowest BCUT2D eigenvalue weighted by Gasteiger charge is -2.26. The monoisotopic (exact) mass is 406 g/mol. The number of carbonyl (C=O) groups excluding carboxylic acids is 1. The number of amides is 1. The van der Waals surface area contributed by atoms with Crippen LogP contribution in [0.2, 0.25) is 5.02 Å². The summed E-state index contributed by atoms with van der Waals surface area (Å²) in [4.78, 5) is 12.4. The summed E-state index contributed by atoms with van der Waals surface area (Å²) in [5.74, 6) is 0.743. The van der Waals surface area contributed by atoms with E-state index in [0.29, 0.717) is 34.5 Å². The van der Waals surface area contributed by atoms with Crippen molar-refractivity contribution in [3.05, 3.63) is 17.2 Å². The molecule has 0 heterocycles. The second-order valence-corrected chi connectivity index (χ2v) is 6.93. The Morgan fingerprint density at radius 2 is 1.88 bits per heavy atom. The maximum absolute atomic E-state index is 12.4. The Balaban J connectivity index is 0.00000338.